The number of rotatable bonds is 12. The molecule has 27 heavy (non-hydrogen) atoms. The predicted molar refractivity (Wildman–Crippen MR) is 93.9 cm³/mol. The Bertz CT molecular complexity index is 543. The van der Waals surface area contributed by atoms with Gasteiger partial charge in [0.25, 0.3) is 0 Å². The van der Waals surface area contributed by atoms with E-state index in [0.717, 1.165) is 12.8 Å². The van der Waals surface area contributed by atoms with Crippen molar-refractivity contribution in [1.29, 1.82) is 0 Å². The third-order valence-electron chi connectivity index (χ3n) is 4.63. The number of methoxy groups -OCH3 is 1. The molecule has 2 saturated heterocycles. The number of esters is 2. The largest absolute Gasteiger partial charge is 0.474 e. The van der Waals surface area contributed by atoms with Gasteiger partial charge < -0.3 is 14.2 Å². The summed E-state index contributed by atoms with van der Waals surface area (Å²) in [4.78, 5) is 24.4. The van der Waals surface area contributed by atoms with E-state index in [1.807, 2.05) is 0 Å². The lowest BCUT2D eigenvalue weighted by Crippen LogP contribution is -2.39. The van der Waals surface area contributed by atoms with Gasteiger partial charge in [-0.3, -0.25) is 23.2 Å². The first kappa shape index (κ1) is 22.3. The van der Waals surface area contributed by atoms with Crippen LogP contribution < -0.4 is 0 Å². The molecule has 2 aliphatic heterocycles. The van der Waals surface area contributed by atoms with Crippen molar-refractivity contribution >= 4 is 19.8 Å². The Labute approximate surface area is 159 Å². The number of carbonyl (C=O) groups excluding carboxylic acids is 2. The molecule has 4 unspecified atom stereocenters. The molecule has 0 saturated carbocycles. The number of hydrogen-bond donors (Lipinski definition) is 0. The van der Waals surface area contributed by atoms with Gasteiger partial charge in [-0.1, -0.05) is 0 Å². The maximum absolute atomic E-state index is 12.4. The fourth-order valence-corrected chi connectivity index (χ4v) is 4.70. The van der Waals surface area contributed by atoms with E-state index >= 15 is 0 Å². The van der Waals surface area contributed by atoms with Crippen LogP contribution in [0.2, 0.25) is 0 Å². The standard InChI is InChI=1S/C17H29O9P/c1-4-23-27(20,24-5-2)25-11-7-6-10-22-17(19)15-13-9-8-12(26-13)14(15)16(18)21-3/h12-15H,4-11H2,1-3H3. The van der Waals surface area contributed by atoms with Gasteiger partial charge in [-0.2, -0.15) is 0 Å². The molecule has 0 aromatic heterocycles. The molecule has 2 bridgehead atoms. The maximum atomic E-state index is 12.4. The zero-order valence-corrected chi connectivity index (χ0v) is 17.0. The van der Waals surface area contributed by atoms with E-state index in [2.05, 4.69) is 0 Å². The fraction of sp³-hybridized carbons (Fsp3) is 0.882. The van der Waals surface area contributed by atoms with Crippen LogP contribution in [0.4, 0.5) is 0 Å². The topological polar surface area (TPSA) is 107 Å². The molecular formula is C17H29O9P. The number of ether oxygens (including phenoxy) is 3. The molecule has 2 aliphatic rings. The highest BCUT2D eigenvalue weighted by Gasteiger charge is 2.56. The quantitative estimate of drug-likeness (QED) is 0.273. The Morgan fingerprint density at radius 1 is 0.926 bits per heavy atom. The monoisotopic (exact) mass is 408 g/mol. The molecule has 0 radical (unpaired) electrons. The highest BCUT2D eigenvalue weighted by molar-refractivity contribution is 7.48. The van der Waals surface area contributed by atoms with Crippen molar-refractivity contribution in [1.82, 2.24) is 0 Å². The number of fused-ring (bicyclic) bond motifs is 2. The molecule has 9 nitrogen and oxygen atoms in total. The number of phosphoric ester groups is 1. The number of unbranched alkanes of at least 4 members (excludes halogenated alkanes) is 1. The molecule has 0 amide bonds. The summed E-state index contributed by atoms with van der Waals surface area (Å²) in [6, 6.07) is 0. The van der Waals surface area contributed by atoms with Crippen LogP contribution in [-0.2, 0) is 41.9 Å². The minimum atomic E-state index is -3.51. The lowest BCUT2D eigenvalue weighted by Gasteiger charge is -2.24. The third kappa shape index (κ3) is 5.74. The number of phosphoric acid groups is 1. The van der Waals surface area contributed by atoms with Crippen LogP contribution in [0.3, 0.4) is 0 Å². The molecular weight excluding hydrogens is 379 g/mol. The van der Waals surface area contributed by atoms with Crippen LogP contribution >= 0.6 is 7.82 Å². The van der Waals surface area contributed by atoms with E-state index in [-0.39, 0.29) is 38.6 Å². The van der Waals surface area contributed by atoms with Gasteiger partial charge in [-0.05, 0) is 39.5 Å². The summed E-state index contributed by atoms with van der Waals surface area (Å²) in [5.41, 5.74) is 0. The van der Waals surface area contributed by atoms with Gasteiger partial charge in [-0.25, -0.2) is 4.57 Å². The fourth-order valence-electron chi connectivity index (χ4n) is 3.49. The molecule has 0 aromatic rings. The second kappa shape index (κ2) is 10.5. The van der Waals surface area contributed by atoms with Gasteiger partial charge in [0.05, 0.1) is 57.6 Å². The van der Waals surface area contributed by atoms with Crippen LogP contribution in [0.1, 0.15) is 39.5 Å². The van der Waals surface area contributed by atoms with Crippen molar-refractivity contribution in [2.45, 2.75) is 51.7 Å². The van der Waals surface area contributed by atoms with Gasteiger partial charge in [0.2, 0.25) is 0 Å². The number of hydrogen-bond acceptors (Lipinski definition) is 9. The summed E-state index contributed by atoms with van der Waals surface area (Å²) < 4.78 is 43.2. The SMILES string of the molecule is CCOP(=O)(OCC)OCCCCOC(=O)C1C2CCC(O2)C1C(=O)OC. The first-order valence-electron chi connectivity index (χ1n) is 9.39. The second-order valence-corrected chi connectivity index (χ2v) is 8.02. The van der Waals surface area contributed by atoms with Crippen molar-refractivity contribution < 1.29 is 41.9 Å². The first-order chi connectivity index (χ1) is 13.0. The van der Waals surface area contributed by atoms with Crippen molar-refractivity contribution in [2.75, 3.05) is 33.5 Å². The molecule has 0 aliphatic carbocycles. The molecule has 4 atom stereocenters. The van der Waals surface area contributed by atoms with E-state index < -0.39 is 31.6 Å². The van der Waals surface area contributed by atoms with Gasteiger partial charge in [0, 0.05) is 0 Å². The average molecular weight is 408 g/mol. The molecule has 10 heteroatoms. The molecule has 0 aromatic carbocycles. The normalized spacial score (nSPS) is 26.9. The Balaban J connectivity index is 1.70. The second-order valence-electron chi connectivity index (χ2n) is 6.36. The molecule has 2 rings (SSSR count). The van der Waals surface area contributed by atoms with Gasteiger partial charge >= 0.3 is 19.8 Å². The molecule has 0 spiro atoms. The zero-order valence-electron chi connectivity index (χ0n) is 16.1. The maximum Gasteiger partial charge on any atom is 0.474 e. The van der Waals surface area contributed by atoms with E-state index in [1.54, 1.807) is 13.8 Å². The van der Waals surface area contributed by atoms with Crippen LogP contribution in [0.15, 0.2) is 0 Å². The van der Waals surface area contributed by atoms with Crippen LogP contribution in [-0.4, -0.2) is 57.7 Å². The number of carbonyl (C=O) groups is 2. The predicted octanol–water partition coefficient (Wildman–Crippen LogP) is 2.47. The lowest BCUT2D eigenvalue weighted by atomic mass is 9.79. The highest BCUT2D eigenvalue weighted by Crippen LogP contribution is 2.49. The lowest BCUT2D eigenvalue weighted by molar-refractivity contribution is -0.159. The Morgan fingerprint density at radius 3 is 2.04 bits per heavy atom. The van der Waals surface area contributed by atoms with Crippen LogP contribution in [0.25, 0.3) is 0 Å². The smallest absolute Gasteiger partial charge is 0.469 e. The summed E-state index contributed by atoms with van der Waals surface area (Å²) >= 11 is 0. The van der Waals surface area contributed by atoms with Crippen molar-refractivity contribution in [3.05, 3.63) is 0 Å². The Kier molecular flexibility index (Phi) is 8.69. The van der Waals surface area contributed by atoms with Gasteiger partial charge in [0.1, 0.15) is 0 Å². The minimum Gasteiger partial charge on any atom is -0.469 e. The van der Waals surface area contributed by atoms with Crippen molar-refractivity contribution in [3.8, 4) is 0 Å². The first-order valence-corrected chi connectivity index (χ1v) is 10.8. The molecule has 2 fully saturated rings. The minimum absolute atomic E-state index is 0.164. The van der Waals surface area contributed by atoms with Crippen LogP contribution in [0, 0.1) is 11.8 Å². The van der Waals surface area contributed by atoms with Gasteiger partial charge in [0.15, 0.2) is 0 Å². The van der Waals surface area contributed by atoms with E-state index in [9.17, 15) is 14.2 Å². The highest BCUT2D eigenvalue weighted by atomic mass is 31.2. The van der Waals surface area contributed by atoms with E-state index in [4.69, 9.17) is 27.8 Å². The molecule has 0 N–H and O–H groups in total. The van der Waals surface area contributed by atoms with E-state index in [1.165, 1.54) is 7.11 Å². The summed E-state index contributed by atoms with van der Waals surface area (Å²) in [5, 5.41) is 0. The van der Waals surface area contributed by atoms with Gasteiger partial charge in [-0.15, -0.1) is 0 Å². The summed E-state index contributed by atoms with van der Waals surface area (Å²) in [6.45, 7) is 4.20. The summed E-state index contributed by atoms with van der Waals surface area (Å²) in [5.74, 6) is -2.07. The Morgan fingerprint density at radius 2 is 1.48 bits per heavy atom. The third-order valence-corrected chi connectivity index (χ3v) is 6.27. The summed E-state index contributed by atoms with van der Waals surface area (Å²) in [6.07, 6.45) is 2.00. The molecule has 156 valence electrons. The molecule has 2 heterocycles. The Hall–Kier alpha value is -0.990. The van der Waals surface area contributed by atoms with Crippen molar-refractivity contribution in [3.63, 3.8) is 0 Å². The zero-order chi connectivity index (χ0) is 19.9. The average Bonchev–Trinajstić information content (AvgIpc) is 3.25. The summed E-state index contributed by atoms with van der Waals surface area (Å²) in [7, 11) is -2.20. The van der Waals surface area contributed by atoms with Crippen molar-refractivity contribution in [2.24, 2.45) is 11.8 Å². The van der Waals surface area contributed by atoms with Crippen LogP contribution in [0.5, 0.6) is 0 Å². The van der Waals surface area contributed by atoms with E-state index in [0.29, 0.717) is 12.8 Å².